The molecule has 0 aromatic heterocycles. The standard InChI is InChI=1S/C8H12Cl4O2/c1-3-4-5-14-6(13)8(11,12)7(2,9)10/h3-5H2,1-2H3. The molecule has 2 nitrogen and oxygen atoms in total. The summed E-state index contributed by atoms with van der Waals surface area (Å²) in [6.45, 7) is 3.56. The third-order valence-electron chi connectivity index (χ3n) is 1.54. The molecule has 0 rings (SSSR count). The van der Waals surface area contributed by atoms with E-state index in [4.69, 9.17) is 51.1 Å². The van der Waals surface area contributed by atoms with Gasteiger partial charge in [0.25, 0.3) is 0 Å². The maximum atomic E-state index is 11.3. The fourth-order valence-corrected chi connectivity index (χ4v) is 0.842. The molecule has 0 radical (unpaired) electrons. The van der Waals surface area contributed by atoms with Crippen molar-refractivity contribution < 1.29 is 9.53 Å². The molecule has 0 saturated carbocycles. The number of ether oxygens (including phenoxy) is 1. The van der Waals surface area contributed by atoms with Gasteiger partial charge in [-0.3, -0.25) is 0 Å². The van der Waals surface area contributed by atoms with Crippen LogP contribution in [-0.4, -0.2) is 21.2 Å². The third-order valence-corrected chi connectivity index (χ3v) is 3.56. The molecule has 14 heavy (non-hydrogen) atoms. The molecule has 0 fully saturated rings. The first-order valence-electron chi connectivity index (χ1n) is 4.16. The Bertz CT molecular complexity index is 198. The van der Waals surface area contributed by atoms with Crippen LogP contribution in [0.15, 0.2) is 0 Å². The Morgan fingerprint density at radius 1 is 1.29 bits per heavy atom. The van der Waals surface area contributed by atoms with Crippen LogP contribution >= 0.6 is 46.4 Å². The SMILES string of the molecule is CCCCOC(=O)C(Cl)(Cl)C(C)(Cl)Cl. The quantitative estimate of drug-likeness (QED) is 0.436. The van der Waals surface area contributed by atoms with Gasteiger partial charge in [0, 0.05) is 0 Å². The Hall–Kier alpha value is 0.630. The highest BCUT2D eigenvalue weighted by Gasteiger charge is 2.51. The molecule has 6 heteroatoms. The highest BCUT2D eigenvalue weighted by atomic mass is 35.5. The lowest BCUT2D eigenvalue weighted by Gasteiger charge is -2.26. The molecular weight excluding hydrogens is 270 g/mol. The average Bonchev–Trinajstić information content (AvgIpc) is 2.02. The molecule has 0 atom stereocenters. The monoisotopic (exact) mass is 280 g/mol. The van der Waals surface area contributed by atoms with Crippen LogP contribution < -0.4 is 0 Å². The molecule has 0 heterocycles. The van der Waals surface area contributed by atoms with Gasteiger partial charge in [0.15, 0.2) is 4.33 Å². The molecular formula is C8H12Cl4O2. The molecule has 0 aromatic rings. The number of unbranched alkanes of at least 4 members (excludes halogenated alkanes) is 1. The molecule has 0 N–H and O–H groups in total. The molecule has 0 aliphatic rings. The van der Waals surface area contributed by atoms with Crippen molar-refractivity contribution in [2.24, 2.45) is 0 Å². The highest BCUT2D eigenvalue weighted by molar-refractivity contribution is 6.68. The number of halogens is 4. The molecule has 0 aliphatic heterocycles. The first kappa shape index (κ1) is 14.6. The van der Waals surface area contributed by atoms with Crippen molar-refractivity contribution in [2.45, 2.75) is 35.4 Å². The number of alkyl halides is 4. The zero-order valence-electron chi connectivity index (χ0n) is 7.95. The molecule has 0 amide bonds. The number of carbonyl (C=O) groups excluding carboxylic acids is 1. The molecule has 0 bridgehead atoms. The van der Waals surface area contributed by atoms with Gasteiger partial charge in [-0.2, -0.15) is 0 Å². The summed E-state index contributed by atoms with van der Waals surface area (Å²) < 4.78 is 1.28. The minimum Gasteiger partial charge on any atom is -0.463 e. The first-order chi connectivity index (χ1) is 6.23. The largest absolute Gasteiger partial charge is 0.463 e. The number of carbonyl (C=O) groups is 1. The maximum Gasteiger partial charge on any atom is 0.345 e. The van der Waals surface area contributed by atoms with E-state index < -0.39 is 14.6 Å². The molecule has 0 aromatic carbocycles. The smallest absolute Gasteiger partial charge is 0.345 e. The van der Waals surface area contributed by atoms with Crippen molar-refractivity contribution in [3.05, 3.63) is 0 Å². The predicted molar refractivity (Wildman–Crippen MR) is 60.4 cm³/mol. The molecule has 84 valence electrons. The maximum absolute atomic E-state index is 11.3. The minimum absolute atomic E-state index is 0.264. The molecule has 0 saturated heterocycles. The predicted octanol–water partition coefficient (Wildman–Crippen LogP) is 3.70. The normalized spacial score (nSPS) is 12.7. The van der Waals surface area contributed by atoms with Crippen molar-refractivity contribution in [1.29, 1.82) is 0 Å². The van der Waals surface area contributed by atoms with Crippen molar-refractivity contribution in [3.8, 4) is 0 Å². The summed E-state index contributed by atoms with van der Waals surface area (Å²) in [6, 6.07) is 0. The van der Waals surface area contributed by atoms with Gasteiger partial charge in [-0.15, -0.1) is 0 Å². The van der Waals surface area contributed by atoms with Crippen molar-refractivity contribution in [1.82, 2.24) is 0 Å². The van der Waals surface area contributed by atoms with Crippen LogP contribution in [-0.2, 0) is 9.53 Å². The van der Waals surface area contributed by atoms with Gasteiger partial charge in [-0.1, -0.05) is 59.7 Å². The zero-order valence-corrected chi connectivity index (χ0v) is 11.0. The second-order valence-corrected chi connectivity index (χ2v) is 5.98. The van der Waals surface area contributed by atoms with E-state index in [0.717, 1.165) is 12.8 Å². The van der Waals surface area contributed by atoms with Crippen molar-refractivity contribution in [3.63, 3.8) is 0 Å². The second kappa shape index (κ2) is 5.64. The number of hydrogen-bond acceptors (Lipinski definition) is 2. The topological polar surface area (TPSA) is 26.3 Å². The van der Waals surface area contributed by atoms with E-state index in [-0.39, 0.29) is 6.61 Å². The summed E-state index contributed by atoms with van der Waals surface area (Å²) in [4.78, 5) is 11.3. The van der Waals surface area contributed by atoms with Gasteiger partial charge in [0.2, 0.25) is 4.33 Å². The fourth-order valence-electron chi connectivity index (χ4n) is 0.579. The lowest BCUT2D eigenvalue weighted by Crippen LogP contribution is -2.42. The van der Waals surface area contributed by atoms with E-state index in [1.807, 2.05) is 6.92 Å². The Balaban J connectivity index is 4.23. The Morgan fingerprint density at radius 3 is 2.14 bits per heavy atom. The van der Waals surface area contributed by atoms with Crippen LogP contribution in [0.25, 0.3) is 0 Å². The summed E-state index contributed by atoms with van der Waals surface area (Å²) in [5.74, 6) is -0.818. The first-order valence-corrected chi connectivity index (χ1v) is 5.67. The van der Waals surface area contributed by atoms with E-state index in [0.29, 0.717) is 0 Å². The Labute approximate surface area is 104 Å². The van der Waals surface area contributed by atoms with Gasteiger partial charge >= 0.3 is 5.97 Å². The van der Waals surface area contributed by atoms with Crippen LogP contribution in [0.1, 0.15) is 26.7 Å². The summed E-state index contributed by atoms with van der Waals surface area (Å²) >= 11 is 22.6. The van der Waals surface area contributed by atoms with Crippen LogP contribution in [0.5, 0.6) is 0 Å². The van der Waals surface area contributed by atoms with Gasteiger partial charge in [0.05, 0.1) is 6.61 Å². The van der Waals surface area contributed by atoms with Crippen LogP contribution in [0.3, 0.4) is 0 Å². The van der Waals surface area contributed by atoms with E-state index in [9.17, 15) is 4.79 Å². The number of hydrogen-bond donors (Lipinski definition) is 0. The van der Waals surface area contributed by atoms with E-state index >= 15 is 0 Å². The van der Waals surface area contributed by atoms with Crippen LogP contribution in [0.4, 0.5) is 0 Å². The van der Waals surface area contributed by atoms with Gasteiger partial charge in [0.1, 0.15) is 0 Å². The fraction of sp³-hybridized carbons (Fsp3) is 0.875. The minimum atomic E-state index is -1.94. The number of rotatable bonds is 5. The van der Waals surface area contributed by atoms with E-state index in [1.54, 1.807) is 0 Å². The average molecular weight is 282 g/mol. The van der Waals surface area contributed by atoms with Gasteiger partial charge < -0.3 is 4.74 Å². The van der Waals surface area contributed by atoms with Crippen molar-refractivity contribution >= 4 is 52.4 Å². The Kier molecular flexibility index (Phi) is 5.90. The summed E-state index contributed by atoms with van der Waals surface area (Å²) in [5.41, 5.74) is 0. The van der Waals surface area contributed by atoms with Gasteiger partial charge in [-0.25, -0.2) is 4.79 Å². The molecule has 0 unspecified atom stereocenters. The summed E-state index contributed by atoms with van der Waals surface area (Å²) in [7, 11) is 0. The van der Waals surface area contributed by atoms with Crippen LogP contribution in [0.2, 0.25) is 0 Å². The third kappa shape index (κ3) is 4.01. The zero-order chi connectivity index (χ0) is 11.4. The summed E-state index contributed by atoms with van der Waals surface area (Å²) in [6.07, 6.45) is 1.65. The highest BCUT2D eigenvalue weighted by Crippen LogP contribution is 2.43. The second-order valence-electron chi connectivity index (χ2n) is 2.95. The molecule has 0 spiro atoms. The van der Waals surface area contributed by atoms with Gasteiger partial charge in [-0.05, 0) is 13.3 Å². The lowest BCUT2D eigenvalue weighted by molar-refractivity contribution is -0.144. The van der Waals surface area contributed by atoms with E-state index in [1.165, 1.54) is 6.92 Å². The van der Waals surface area contributed by atoms with Crippen LogP contribution in [0, 0.1) is 0 Å². The van der Waals surface area contributed by atoms with Crippen molar-refractivity contribution in [2.75, 3.05) is 6.61 Å². The lowest BCUT2D eigenvalue weighted by atomic mass is 10.3. The Morgan fingerprint density at radius 2 is 1.79 bits per heavy atom. The van der Waals surface area contributed by atoms with E-state index in [2.05, 4.69) is 0 Å². The molecule has 0 aliphatic carbocycles. The summed E-state index contributed by atoms with van der Waals surface area (Å²) in [5, 5.41) is 0. The number of esters is 1.